The SMILES string of the molecule is CCC1CCCCN1C(=O)NC1CC(=O)N(C(C)(C)C)C1. The van der Waals surface area contributed by atoms with Gasteiger partial charge < -0.3 is 15.1 Å². The van der Waals surface area contributed by atoms with Gasteiger partial charge in [0.25, 0.3) is 0 Å². The number of hydrogen-bond acceptors (Lipinski definition) is 2. The van der Waals surface area contributed by atoms with Crippen molar-refractivity contribution in [3.63, 3.8) is 0 Å². The summed E-state index contributed by atoms with van der Waals surface area (Å²) in [4.78, 5) is 28.4. The molecule has 1 N–H and O–H groups in total. The molecule has 3 amide bonds. The van der Waals surface area contributed by atoms with Crippen LogP contribution in [0.5, 0.6) is 0 Å². The highest BCUT2D eigenvalue weighted by Gasteiger charge is 2.37. The van der Waals surface area contributed by atoms with E-state index in [-0.39, 0.29) is 23.5 Å². The fourth-order valence-corrected chi connectivity index (χ4v) is 3.40. The molecule has 2 fully saturated rings. The van der Waals surface area contributed by atoms with E-state index in [0.29, 0.717) is 19.0 Å². The van der Waals surface area contributed by atoms with Crippen LogP contribution < -0.4 is 5.32 Å². The first-order valence-electron chi connectivity index (χ1n) is 8.20. The minimum absolute atomic E-state index is 0.00936. The number of carbonyl (C=O) groups is 2. The molecule has 0 aliphatic carbocycles. The van der Waals surface area contributed by atoms with Crippen molar-refractivity contribution in [2.45, 2.75) is 77.4 Å². The van der Waals surface area contributed by atoms with Gasteiger partial charge in [-0.3, -0.25) is 4.79 Å². The minimum Gasteiger partial charge on any atom is -0.336 e. The van der Waals surface area contributed by atoms with Crippen LogP contribution in [0.15, 0.2) is 0 Å². The zero-order valence-electron chi connectivity index (χ0n) is 13.8. The Morgan fingerprint density at radius 1 is 1.33 bits per heavy atom. The largest absolute Gasteiger partial charge is 0.336 e. The molecule has 0 aromatic heterocycles. The number of urea groups is 1. The average Bonchev–Trinajstić information content (AvgIpc) is 2.79. The molecular weight excluding hydrogens is 266 g/mol. The second kappa shape index (κ2) is 6.24. The van der Waals surface area contributed by atoms with Gasteiger partial charge in [0.1, 0.15) is 0 Å². The summed E-state index contributed by atoms with van der Waals surface area (Å²) in [5.74, 6) is 0.137. The van der Waals surface area contributed by atoms with Gasteiger partial charge in [-0.2, -0.15) is 0 Å². The van der Waals surface area contributed by atoms with Gasteiger partial charge in [-0.25, -0.2) is 4.79 Å². The van der Waals surface area contributed by atoms with Crippen molar-refractivity contribution >= 4 is 11.9 Å². The molecule has 5 nitrogen and oxygen atoms in total. The maximum Gasteiger partial charge on any atom is 0.317 e. The highest BCUT2D eigenvalue weighted by molar-refractivity contribution is 5.82. The highest BCUT2D eigenvalue weighted by Crippen LogP contribution is 2.23. The van der Waals surface area contributed by atoms with E-state index in [1.54, 1.807) is 0 Å². The molecule has 120 valence electrons. The van der Waals surface area contributed by atoms with Crippen LogP contribution in [0, 0.1) is 0 Å². The van der Waals surface area contributed by atoms with Crippen LogP contribution in [-0.4, -0.2) is 52.5 Å². The van der Waals surface area contributed by atoms with Crippen molar-refractivity contribution in [1.29, 1.82) is 0 Å². The van der Waals surface area contributed by atoms with Gasteiger partial charge in [-0.15, -0.1) is 0 Å². The first-order chi connectivity index (χ1) is 9.82. The van der Waals surface area contributed by atoms with E-state index in [4.69, 9.17) is 0 Å². The third kappa shape index (κ3) is 3.69. The first kappa shape index (κ1) is 16.1. The van der Waals surface area contributed by atoms with E-state index < -0.39 is 0 Å². The van der Waals surface area contributed by atoms with E-state index in [0.717, 1.165) is 25.8 Å². The quantitative estimate of drug-likeness (QED) is 0.850. The lowest BCUT2D eigenvalue weighted by atomic mass is 10.0. The molecule has 2 unspecified atom stereocenters. The van der Waals surface area contributed by atoms with Crippen LogP contribution >= 0.6 is 0 Å². The zero-order valence-corrected chi connectivity index (χ0v) is 13.8. The predicted octanol–water partition coefficient (Wildman–Crippen LogP) is 2.36. The molecule has 0 radical (unpaired) electrons. The molecule has 2 aliphatic rings. The molecule has 21 heavy (non-hydrogen) atoms. The molecule has 2 heterocycles. The molecule has 2 atom stereocenters. The fraction of sp³-hybridized carbons (Fsp3) is 0.875. The Labute approximate surface area is 128 Å². The molecule has 2 aliphatic heterocycles. The van der Waals surface area contributed by atoms with Crippen LogP contribution in [0.1, 0.15) is 59.8 Å². The summed E-state index contributed by atoms with van der Waals surface area (Å²) in [5, 5.41) is 3.07. The van der Waals surface area contributed by atoms with Crippen molar-refractivity contribution in [1.82, 2.24) is 15.1 Å². The summed E-state index contributed by atoms with van der Waals surface area (Å²) >= 11 is 0. The standard InChI is InChI=1S/C16H29N3O2/c1-5-13-8-6-7-9-18(13)15(21)17-12-10-14(20)19(11-12)16(2,3)4/h12-13H,5-11H2,1-4H3,(H,17,21). The van der Waals surface area contributed by atoms with E-state index in [1.165, 1.54) is 6.42 Å². The Morgan fingerprint density at radius 2 is 2.05 bits per heavy atom. The van der Waals surface area contributed by atoms with Gasteiger partial charge in [-0.05, 0) is 46.5 Å². The Kier molecular flexibility index (Phi) is 4.79. The molecule has 0 bridgehead atoms. The van der Waals surface area contributed by atoms with E-state index in [1.807, 2.05) is 30.6 Å². The van der Waals surface area contributed by atoms with E-state index >= 15 is 0 Å². The lowest BCUT2D eigenvalue weighted by molar-refractivity contribution is -0.131. The second-order valence-corrected chi connectivity index (χ2v) is 7.28. The second-order valence-electron chi connectivity index (χ2n) is 7.28. The molecule has 2 rings (SSSR count). The molecule has 5 heteroatoms. The smallest absolute Gasteiger partial charge is 0.317 e. The normalized spacial score (nSPS) is 27.1. The Hall–Kier alpha value is -1.26. The summed E-state index contributed by atoms with van der Waals surface area (Å²) in [6, 6.07) is 0.313. The van der Waals surface area contributed by atoms with Crippen molar-refractivity contribution in [2.24, 2.45) is 0 Å². The number of carbonyl (C=O) groups excluding carboxylic acids is 2. The molecule has 0 spiro atoms. The van der Waals surface area contributed by atoms with E-state index in [9.17, 15) is 9.59 Å². The van der Waals surface area contributed by atoms with Crippen LogP contribution in [0.25, 0.3) is 0 Å². The molecule has 0 aromatic carbocycles. The Morgan fingerprint density at radius 3 is 2.62 bits per heavy atom. The van der Waals surface area contributed by atoms with Crippen LogP contribution in [-0.2, 0) is 4.79 Å². The van der Waals surface area contributed by atoms with E-state index in [2.05, 4.69) is 12.2 Å². The van der Waals surface area contributed by atoms with Crippen molar-refractivity contribution < 1.29 is 9.59 Å². The van der Waals surface area contributed by atoms with Gasteiger partial charge in [-0.1, -0.05) is 6.92 Å². The van der Waals surface area contributed by atoms with Gasteiger partial charge in [0, 0.05) is 31.1 Å². The Balaban J connectivity index is 1.93. The van der Waals surface area contributed by atoms with Gasteiger partial charge >= 0.3 is 6.03 Å². The molecule has 2 saturated heterocycles. The number of nitrogens with zero attached hydrogens (tertiary/aromatic N) is 2. The fourth-order valence-electron chi connectivity index (χ4n) is 3.40. The summed E-state index contributed by atoms with van der Waals surface area (Å²) in [6.45, 7) is 9.70. The molecule has 0 saturated carbocycles. The van der Waals surface area contributed by atoms with Gasteiger partial charge in [0.05, 0.1) is 6.04 Å². The summed E-state index contributed by atoms with van der Waals surface area (Å²) in [6.07, 6.45) is 4.82. The summed E-state index contributed by atoms with van der Waals surface area (Å²) in [5.41, 5.74) is -0.173. The monoisotopic (exact) mass is 295 g/mol. The average molecular weight is 295 g/mol. The predicted molar refractivity (Wildman–Crippen MR) is 83.0 cm³/mol. The number of nitrogens with one attached hydrogen (secondary N) is 1. The lowest BCUT2D eigenvalue weighted by Crippen LogP contribution is -2.52. The zero-order chi connectivity index (χ0) is 15.6. The number of hydrogen-bond donors (Lipinski definition) is 1. The van der Waals surface area contributed by atoms with Gasteiger partial charge in [0.2, 0.25) is 5.91 Å². The topological polar surface area (TPSA) is 52.7 Å². The molecule has 0 aromatic rings. The lowest BCUT2D eigenvalue weighted by Gasteiger charge is -2.36. The number of rotatable bonds is 2. The summed E-state index contributed by atoms with van der Waals surface area (Å²) in [7, 11) is 0. The minimum atomic E-state index is -0.173. The van der Waals surface area contributed by atoms with Crippen molar-refractivity contribution in [2.75, 3.05) is 13.1 Å². The number of amides is 3. The third-order valence-electron chi connectivity index (χ3n) is 4.62. The number of likely N-dealkylation sites (tertiary alicyclic amines) is 2. The van der Waals surface area contributed by atoms with Crippen molar-refractivity contribution in [3.05, 3.63) is 0 Å². The first-order valence-corrected chi connectivity index (χ1v) is 8.20. The maximum absolute atomic E-state index is 12.5. The summed E-state index contributed by atoms with van der Waals surface area (Å²) < 4.78 is 0. The maximum atomic E-state index is 12.5. The van der Waals surface area contributed by atoms with Crippen LogP contribution in [0.2, 0.25) is 0 Å². The Bertz CT molecular complexity index is 403. The number of piperidine rings is 1. The van der Waals surface area contributed by atoms with Crippen LogP contribution in [0.4, 0.5) is 4.79 Å². The molecular formula is C16H29N3O2. The van der Waals surface area contributed by atoms with Crippen molar-refractivity contribution in [3.8, 4) is 0 Å². The van der Waals surface area contributed by atoms with Gasteiger partial charge in [0.15, 0.2) is 0 Å². The highest BCUT2D eigenvalue weighted by atomic mass is 16.2. The van der Waals surface area contributed by atoms with Crippen LogP contribution in [0.3, 0.4) is 0 Å². The third-order valence-corrected chi connectivity index (χ3v) is 4.62.